The topological polar surface area (TPSA) is 66.5 Å². The summed E-state index contributed by atoms with van der Waals surface area (Å²) in [5, 5.41) is 2.94. The van der Waals surface area contributed by atoms with Gasteiger partial charge in [-0.2, -0.15) is 0 Å². The van der Waals surface area contributed by atoms with Crippen molar-refractivity contribution < 1.29 is 13.2 Å². The predicted octanol–water partition coefficient (Wildman–Crippen LogP) is 1.03. The Kier molecular flexibility index (Phi) is 5.02. The number of carbonyl (C=O) groups is 1. The zero-order valence-corrected chi connectivity index (χ0v) is 14.2. The highest BCUT2D eigenvalue weighted by atomic mass is 32.2. The van der Waals surface area contributed by atoms with Gasteiger partial charge in [-0.1, -0.05) is 6.07 Å². The van der Waals surface area contributed by atoms with Crippen LogP contribution in [-0.4, -0.2) is 56.9 Å². The first-order valence-electron chi connectivity index (χ1n) is 8.36. The van der Waals surface area contributed by atoms with Gasteiger partial charge in [0.2, 0.25) is 0 Å². The van der Waals surface area contributed by atoms with Crippen LogP contribution in [0.15, 0.2) is 18.2 Å². The molecule has 126 valence electrons. The summed E-state index contributed by atoms with van der Waals surface area (Å²) in [6.07, 6.45) is 4.63. The summed E-state index contributed by atoms with van der Waals surface area (Å²) in [6.45, 7) is 2.39. The molecule has 5 nitrogen and oxygen atoms in total. The van der Waals surface area contributed by atoms with Gasteiger partial charge < -0.3 is 5.32 Å². The molecule has 0 radical (unpaired) electrons. The number of carbonyl (C=O) groups excluding carboxylic acids is 1. The van der Waals surface area contributed by atoms with Gasteiger partial charge in [0.1, 0.15) is 0 Å². The second-order valence-corrected chi connectivity index (χ2v) is 8.74. The van der Waals surface area contributed by atoms with Crippen LogP contribution in [0, 0.1) is 0 Å². The van der Waals surface area contributed by atoms with Gasteiger partial charge in [0.15, 0.2) is 9.84 Å². The lowest BCUT2D eigenvalue weighted by Crippen LogP contribution is -2.43. The zero-order chi connectivity index (χ0) is 16.3. The van der Waals surface area contributed by atoms with Gasteiger partial charge in [-0.15, -0.1) is 0 Å². The van der Waals surface area contributed by atoms with Crippen LogP contribution in [0.25, 0.3) is 0 Å². The normalized spacial score (nSPS) is 20.7. The van der Waals surface area contributed by atoms with Crippen LogP contribution in [0.4, 0.5) is 0 Å². The third-order valence-corrected chi connectivity index (χ3v) is 6.37. The Labute approximate surface area is 138 Å². The third-order valence-electron chi connectivity index (χ3n) is 4.76. The van der Waals surface area contributed by atoms with Gasteiger partial charge in [0.25, 0.3) is 5.91 Å². The van der Waals surface area contributed by atoms with Crippen LogP contribution in [0.2, 0.25) is 0 Å². The molecule has 1 aromatic rings. The molecule has 23 heavy (non-hydrogen) atoms. The largest absolute Gasteiger partial charge is 0.351 e. The fourth-order valence-corrected chi connectivity index (χ4v) is 4.55. The zero-order valence-electron chi connectivity index (χ0n) is 13.4. The van der Waals surface area contributed by atoms with Crippen molar-refractivity contribution in [2.45, 2.75) is 25.7 Å². The minimum absolute atomic E-state index is 0.0389. The third kappa shape index (κ3) is 4.32. The van der Waals surface area contributed by atoms with Crippen molar-refractivity contribution in [3.63, 3.8) is 0 Å². The van der Waals surface area contributed by atoms with E-state index < -0.39 is 9.84 Å². The van der Waals surface area contributed by atoms with Crippen LogP contribution in [-0.2, 0) is 22.7 Å². The molecule has 0 spiro atoms. The molecule has 1 fully saturated rings. The van der Waals surface area contributed by atoms with Gasteiger partial charge in [-0.3, -0.25) is 9.69 Å². The average Bonchev–Trinajstić information content (AvgIpc) is 2.56. The average molecular weight is 336 g/mol. The first kappa shape index (κ1) is 16.5. The summed E-state index contributed by atoms with van der Waals surface area (Å²) >= 11 is 0. The number of benzene rings is 1. The smallest absolute Gasteiger partial charge is 0.251 e. The molecule has 0 bridgehead atoms. The van der Waals surface area contributed by atoms with Gasteiger partial charge >= 0.3 is 0 Å². The van der Waals surface area contributed by atoms with E-state index >= 15 is 0 Å². The minimum Gasteiger partial charge on any atom is -0.351 e. The Morgan fingerprint density at radius 3 is 2.52 bits per heavy atom. The Hall–Kier alpha value is -1.40. The van der Waals surface area contributed by atoms with Crippen molar-refractivity contribution in [3.8, 4) is 0 Å². The number of hydrogen-bond acceptors (Lipinski definition) is 4. The van der Waals surface area contributed by atoms with Gasteiger partial charge in [0.05, 0.1) is 11.5 Å². The van der Waals surface area contributed by atoms with Crippen molar-refractivity contribution in [3.05, 3.63) is 34.9 Å². The van der Waals surface area contributed by atoms with Gasteiger partial charge in [0, 0.05) is 31.7 Å². The van der Waals surface area contributed by atoms with Crippen LogP contribution >= 0.6 is 0 Å². The van der Waals surface area contributed by atoms with Crippen LogP contribution in [0.3, 0.4) is 0 Å². The summed E-state index contributed by atoms with van der Waals surface area (Å²) < 4.78 is 22.8. The molecule has 2 aliphatic rings. The molecule has 1 amide bonds. The summed E-state index contributed by atoms with van der Waals surface area (Å²) in [5.41, 5.74) is 3.42. The number of rotatable bonds is 4. The van der Waals surface area contributed by atoms with E-state index in [1.165, 1.54) is 24.0 Å². The first-order chi connectivity index (χ1) is 11.0. The highest BCUT2D eigenvalue weighted by Gasteiger charge is 2.21. The second kappa shape index (κ2) is 7.01. The summed E-state index contributed by atoms with van der Waals surface area (Å²) in [4.78, 5) is 14.3. The van der Waals surface area contributed by atoms with Crippen LogP contribution < -0.4 is 5.32 Å². The van der Waals surface area contributed by atoms with Crippen molar-refractivity contribution in [2.24, 2.45) is 0 Å². The van der Waals surface area contributed by atoms with Gasteiger partial charge in [-0.05, 0) is 48.9 Å². The van der Waals surface area contributed by atoms with E-state index in [-0.39, 0.29) is 17.4 Å². The number of nitrogens with one attached hydrogen (secondary N) is 1. The second-order valence-electron chi connectivity index (χ2n) is 6.44. The number of sulfone groups is 1. The maximum Gasteiger partial charge on any atom is 0.251 e. The number of aryl methyl sites for hydroxylation is 2. The van der Waals surface area contributed by atoms with E-state index in [0.29, 0.717) is 26.2 Å². The Morgan fingerprint density at radius 1 is 1.09 bits per heavy atom. The summed E-state index contributed by atoms with van der Waals surface area (Å²) in [6, 6.07) is 6.02. The van der Waals surface area contributed by atoms with Gasteiger partial charge in [-0.25, -0.2) is 8.42 Å². The lowest BCUT2D eigenvalue weighted by atomic mass is 9.90. The maximum atomic E-state index is 12.2. The minimum atomic E-state index is -2.84. The molecule has 0 saturated carbocycles. The lowest BCUT2D eigenvalue weighted by Gasteiger charge is -2.26. The van der Waals surface area contributed by atoms with Crippen molar-refractivity contribution in [1.82, 2.24) is 10.2 Å². The molecular weight excluding hydrogens is 312 g/mol. The highest BCUT2D eigenvalue weighted by Crippen LogP contribution is 2.22. The molecular formula is C17H24N2O3S. The molecule has 1 aliphatic heterocycles. The van der Waals surface area contributed by atoms with Crippen molar-refractivity contribution in [1.29, 1.82) is 0 Å². The Morgan fingerprint density at radius 2 is 1.78 bits per heavy atom. The molecule has 1 N–H and O–H groups in total. The van der Waals surface area contributed by atoms with Crippen LogP contribution in [0.5, 0.6) is 0 Å². The van der Waals surface area contributed by atoms with E-state index in [0.717, 1.165) is 18.4 Å². The van der Waals surface area contributed by atoms with E-state index in [2.05, 4.69) is 16.3 Å². The van der Waals surface area contributed by atoms with Crippen molar-refractivity contribution in [2.75, 3.05) is 37.7 Å². The summed E-state index contributed by atoms with van der Waals surface area (Å²) in [5.74, 6) is 0.417. The quantitative estimate of drug-likeness (QED) is 0.892. The highest BCUT2D eigenvalue weighted by molar-refractivity contribution is 7.91. The first-order valence-corrected chi connectivity index (χ1v) is 10.2. The summed E-state index contributed by atoms with van der Waals surface area (Å²) in [7, 11) is -2.84. The maximum absolute atomic E-state index is 12.2. The fraction of sp³-hybridized carbons (Fsp3) is 0.588. The van der Waals surface area contributed by atoms with Crippen LogP contribution in [0.1, 0.15) is 34.3 Å². The Balaban J connectivity index is 1.48. The molecule has 6 heteroatoms. The Bertz CT molecular complexity index is 671. The molecule has 0 atom stereocenters. The number of amides is 1. The molecule has 1 aromatic carbocycles. The molecule has 1 saturated heterocycles. The number of nitrogens with zero attached hydrogens (tertiary/aromatic N) is 1. The van der Waals surface area contributed by atoms with E-state index in [1.807, 2.05) is 12.1 Å². The monoisotopic (exact) mass is 336 g/mol. The molecule has 0 aromatic heterocycles. The molecule has 1 aliphatic carbocycles. The fourth-order valence-electron chi connectivity index (χ4n) is 3.28. The standard InChI is InChI=1S/C17H24N2O3S/c20-17(16-6-5-14-3-1-2-4-15(14)13-16)18-7-8-19-9-11-23(21,22)12-10-19/h5-6,13H,1-4,7-12H2,(H,18,20). The lowest BCUT2D eigenvalue weighted by molar-refractivity contribution is 0.0948. The van der Waals surface area contributed by atoms with E-state index in [4.69, 9.17) is 0 Å². The molecule has 3 rings (SSSR count). The predicted molar refractivity (Wildman–Crippen MR) is 90.5 cm³/mol. The van der Waals surface area contributed by atoms with E-state index in [1.54, 1.807) is 0 Å². The SMILES string of the molecule is O=C(NCCN1CCS(=O)(=O)CC1)c1ccc2c(c1)CCCC2. The molecule has 0 unspecified atom stereocenters. The van der Waals surface area contributed by atoms with E-state index in [9.17, 15) is 13.2 Å². The molecule has 1 heterocycles. The number of hydrogen-bond donors (Lipinski definition) is 1. The van der Waals surface area contributed by atoms with Crippen molar-refractivity contribution >= 4 is 15.7 Å². The number of fused-ring (bicyclic) bond motifs is 1.